The Balaban J connectivity index is 1.88. The molecule has 0 radical (unpaired) electrons. The normalized spacial score (nSPS) is 10.6. The van der Waals surface area contributed by atoms with Crippen LogP contribution < -0.4 is 5.32 Å². The van der Waals surface area contributed by atoms with Crippen LogP contribution in [-0.4, -0.2) is 24.7 Å². The molecule has 3 heterocycles. The fourth-order valence-electron chi connectivity index (χ4n) is 1.90. The number of aryl methyl sites for hydroxylation is 1. The van der Waals surface area contributed by atoms with E-state index >= 15 is 0 Å². The number of imidazole rings is 1. The quantitative estimate of drug-likeness (QED) is 0.746. The molecule has 0 atom stereocenters. The van der Waals surface area contributed by atoms with E-state index in [2.05, 4.69) is 25.5 Å². The van der Waals surface area contributed by atoms with E-state index in [4.69, 9.17) is 0 Å². The van der Waals surface area contributed by atoms with E-state index < -0.39 is 0 Å². The zero-order valence-electron chi connectivity index (χ0n) is 10.5. The number of aromatic nitrogens is 5. The zero-order chi connectivity index (χ0) is 13.1. The molecule has 6 nitrogen and oxygen atoms in total. The Morgan fingerprint density at radius 3 is 2.89 bits per heavy atom. The van der Waals surface area contributed by atoms with Crippen LogP contribution in [0.1, 0.15) is 11.5 Å². The van der Waals surface area contributed by atoms with Gasteiger partial charge < -0.3 is 5.32 Å². The van der Waals surface area contributed by atoms with Crippen molar-refractivity contribution in [3.63, 3.8) is 0 Å². The van der Waals surface area contributed by atoms with E-state index in [-0.39, 0.29) is 0 Å². The molecule has 0 saturated heterocycles. The second-order valence-corrected chi connectivity index (χ2v) is 4.15. The first-order valence-electron chi connectivity index (χ1n) is 6.02. The standard InChI is InChI=1S/C13H14N6/c1-10-14-7-8-19(10)13-12(3-2-5-15-13)16-9-11-4-6-17-18-11/h2-8,16H,9H2,1H3,(H,17,18). The first kappa shape index (κ1) is 11.5. The zero-order valence-corrected chi connectivity index (χ0v) is 10.5. The molecule has 0 aliphatic carbocycles. The molecule has 0 aromatic carbocycles. The van der Waals surface area contributed by atoms with Crippen molar-refractivity contribution in [2.24, 2.45) is 0 Å². The SMILES string of the molecule is Cc1nccn1-c1ncccc1NCc1ccn[nH]1. The summed E-state index contributed by atoms with van der Waals surface area (Å²) in [5.74, 6) is 1.75. The van der Waals surface area contributed by atoms with Crippen LogP contribution in [0.2, 0.25) is 0 Å². The van der Waals surface area contributed by atoms with Gasteiger partial charge in [-0.25, -0.2) is 9.97 Å². The van der Waals surface area contributed by atoms with Crippen LogP contribution in [0.15, 0.2) is 43.0 Å². The molecule has 0 aliphatic heterocycles. The van der Waals surface area contributed by atoms with E-state index in [1.165, 1.54) is 0 Å². The smallest absolute Gasteiger partial charge is 0.161 e. The first-order chi connectivity index (χ1) is 9.34. The van der Waals surface area contributed by atoms with Crippen LogP contribution in [-0.2, 0) is 6.54 Å². The maximum Gasteiger partial charge on any atom is 0.161 e. The van der Waals surface area contributed by atoms with Crippen molar-refractivity contribution in [2.75, 3.05) is 5.32 Å². The van der Waals surface area contributed by atoms with Gasteiger partial charge in [0.15, 0.2) is 5.82 Å². The lowest BCUT2D eigenvalue weighted by atomic mass is 10.3. The van der Waals surface area contributed by atoms with Crippen molar-refractivity contribution >= 4 is 5.69 Å². The van der Waals surface area contributed by atoms with Crippen LogP contribution in [0.4, 0.5) is 5.69 Å². The fraction of sp³-hybridized carbons (Fsp3) is 0.154. The summed E-state index contributed by atoms with van der Waals surface area (Å²) in [4.78, 5) is 8.64. The molecular weight excluding hydrogens is 240 g/mol. The summed E-state index contributed by atoms with van der Waals surface area (Å²) in [7, 11) is 0. The molecular formula is C13H14N6. The highest BCUT2D eigenvalue weighted by Gasteiger charge is 2.07. The molecule has 2 N–H and O–H groups in total. The van der Waals surface area contributed by atoms with Crippen LogP contribution in [0.25, 0.3) is 5.82 Å². The van der Waals surface area contributed by atoms with Gasteiger partial charge >= 0.3 is 0 Å². The van der Waals surface area contributed by atoms with Crippen LogP contribution >= 0.6 is 0 Å². The first-order valence-corrected chi connectivity index (χ1v) is 6.02. The van der Waals surface area contributed by atoms with Gasteiger partial charge in [-0.1, -0.05) is 0 Å². The van der Waals surface area contributed by atoms with Crippen molar-refractivity contribution in [3.8, 4) is 5.82 Å². The lowest BCUT2D eigenvalue weighted by Crippen LogP contribution is -2.07. The second-order valence-electron chi connectivity index (χ2n) is 4.15. The molecule has 3 aromatic rings. The molecule has 19 heavy (non-hydrogen) atoms. The van der Waals surface area contributed by atoms with Gasteiger partial charge in [-0.15, -0.1) is 0 Å². The van der Waals surface area contributed by atoms with E-state index in [1.807, 2.05) is 35.9 Å². The van der Waals surface area contributed by atoms with E-state index in [9.17, 15) is 0 Å². The van der Waals surface area contributed by atoms with Crippen molar-refractivity contribution in [1.29, 1.82) is 0 Å². The third-order valence-electron chi connectivity index (χ3n) is 2.87. The molecule has 0 aliphatic rings. The molecule has 96 valence electrons. The lowest BCUT2D eigenvalue weighted by Gasteiger charge is -2.11. The average Bonchev–Trinajstić information content (AvgIpc) is 3.08. The molecule has 0 bridgehead atoms. The predicted octanol–water partition coefficient (Wildman–Crippen LogP) is 1.91. The van der Waals surface area contributed by atoms with Gasteiger partial charge in [0, 0.05) is 24.8 Å². The molecule has 3 rings (SSSR count). The molecule has 0 amide bonds. The summed E-state index contributed by atoms with van der Waals surface area (Å²) in [6.45, 7) is 2.62. The number of anilines is 1. The van der Waals surface area contributed by atoms with Crippen LogP contribution in [0.5, 0.6) is 0 Å². The Kier molecular flexibility index (Phi) is 2.97. The highest BCUT2D eigenvalue weighted by atomic mass is 15.1. The van der Waals surface area contributed by atoms with Crippen LogP contribution in [0.3, 0.4) is 0 Å². The molecule has 0 spiro atoms. The Hall–Kier alpha value is -2.63. The summed E-state index contributed by atoms with van der Waals surface area (Å²) in [6, 6.07) is 5.84. The van der Waals surface area contributed by atoms with Gasteiger partial charge in [0.1, 0.15) is 5.82 Å². The maximum atomic E-state index is 4.42. The summed E-state index contributed by atoms with van der Waals surface area (Å²) in [5, 5.41) is 10.2. The molecule has 6 heteroatoms. The summed E-state index contributed by atoms with van der Waals surface area (Å²) >= 11 is 0. The number of hydrogen-bond acceptors (Lipinski definition) is 4. The predicted molar refractivity (Wildman–Crippen MR) is 72.0 cm³/mol. The van der Waals surface area contributed by atoms with Gasteiger partial charge in [-0.2, -0.15) is 5.10 Å². The molecule has 0 saturated carbocycles. The molecule has 3 aromatic heterocycles. The Bertz CT molecular complexity index is 655. The highest BCUT2D eigenvalue weighted by molar-refractivity contribution is 5.57. The maximum absolute atomic E-state index is 4.42. The Morgan fingerprint density at radius 2 is 2.16 bits per heavy atom. The minimum Gasteiger partial charge on any atom is -0.376 e. The van der Waals surface area contributed by atoms with Gasteiger partial charge in [0.05, 0.1) is 17.9 Å². The van der Waals surface area contributed by atoms with E-state index in [1.54, 1.807) is 18.6 Å². The minimum absolute atomic E-state index is 0.673. The van der Waals surface area contributed by atoms with Crippen molar-refractivity contribution in [3.05, 3.63) is 54.5 Å². The second kappa shape index (κ2) is 4.93. The number of aromatic amines is 1. The van der Waals surface area contributed by atoms with Gasteiger partial charge in [-0.05, 0) is 25.1 Å². The van der Waals surface area contributed by atoms with Crippen molar-refractivity contribution in [2.45, 2.75) is 13.5 Å². The summed E-state index contributed by atoms with van der Waals surface area (Å²) in [6.07, 6.45) is 7.18. The monoisotopic (exact) mass is 254 g/mol. The van der Waals surface area contributed by atoms with Gasteiger partial charge in [0.2, 0.25) is 0 Å². The van der Waals surface area contributed by atoms with Crippen molar-refractivity contribution in [1.82, 2.24) is 24.7 Å². The van der Waals surface area contributed by atoms with Gasteiger partial charge in [-0.3, -0.25) is 9.67 Å². The van der Waals surface area contributed by atoms with E-state index in [0.717, 1.165) is 23.0 Å². The summed E-state index contributed by atoms with van der Waals surface area (Å²) in [5.41, 5.74) is 1.98. The lowest BCUT2D eigenvalue weighted by molar-refractivity contribution is 0.923. The number of pyridine rings is 1. The third-order valence-corrected chi connectivity index (χ3v) is 2.87. The fourth-order valence-corrected chi connectivity index (χ4v) is 1.90. The minimum atomic E-state index is 0.673. The number of H-pyrrole nitrogens is 1. The summed E-state index contributed by atoms with van der Waals surface area (Å²) < 4.78 is 1.95. The number of nitrogens with zero attached hydrogens (tertiary/aromatic N) is 4. The largest absolute Gasteiger partial charge is 0.376 e. The number of hydrogen-bond donors (Lipinski definition) is 2. The third kappa shape index (κ3) is 2.33. The Morgan fingerprint density at radius 1 is 1.21 bits per heavy atom. The molecule has 0 unspecified atom stereocenters. The average molecular weight is 254 g/mol. The van der Waals surface area contributed by atoms with Crippen molar-refractivity contribution < 1.29 is 0 Å². The van der Waals surface area contributed by atoms with Crippen LogP contribution in [0, 0.1) is 6.92 Å². The molecule has 0 fully saturated rings. The Labute approximate surface area is 110 Å². The highest BCUT2D eigenvalue weighted by Crippen LogP contribution is 2.18. The van der Waals surface area contributed by atoms with Gasteiger partial charge in [0.25, 0.3) is 0 Å². The van der Waals surface area contributed by atoms with E-state index in [0.29, 0.717) is 6.54 Å². The number of nitrogens with one attached hydrogen (secondary N) is 2. The topological polar surface area (TPSA) is 71.4 Å². The number of rotatable bonds is 4.